The third-order valence-electron chi connectivity index (χ3n) is 1.59. The van der Waals surface area contributed by atoms with E-state index in [4.69, 9.17) is 0 Å². The third-order valence-corrected chi connectivity index (χ3v) is 2.05. The Morgan fingerprint density at radius 1 is 1.18 bits per heavy atom. The molecule has 0 radical (unpaired) electrons. The summed E-state index contributed by atoms with van der Waals surface area (Å²) in [6.07, 6.45) is -3.46. The molecule has 0 heterocycles. The quantitative estimate of drug-likeness (QED) is 0.368. The molecular formula is C9H4BrF4NO2. The summed E-state index contributed by atoms with van der Waals surface area (Å²) in [5.41, 5.74) is 0.140. The van der Waals surface area contributed by atoms with E-state index in [9.17, 15) is 22.4 Å². The molecule has 0 saturated heterocycles. The lowest BCUT2D eigenvalue weighted by molar-refractivity contribution is -0.266. The van der Waals surface area contributed by atoms with Gasteiger partial charge >= 0.3 is 10.9 Å². The summed E-state index contributed by atoms with van der Waals surface area (Å²) in [5.74, 6) is -0.487. The van der Waals surface area contributed by atoms with Crippen LogP contribution in [0.5, 0.6) is 5.75 Å². The predicted molar refractivity (Wildman–Crippen MR) is 53.7 cm³/mol. The van der Waals surface area contributed by atoms with Crippen molar-refractivity contribution in [2.75, 3.05) is 0 Å². The van der Waals surface area contributed by atoms with Crippen LogP contribution in [0.15, 0.2) is 29.3 Å². The molecule has 3 nitrogen and oxygen atoms in total. The molecule has 0 N–H and O–H groups in total. The van der Waals surface area contributed by atoms with Gasteiger partial charge in [-0.1, -0.05) is 0 Å². The molecule has 0 saturated carbocycles. The Bertz CT molecular complexity index is 437. The van der Waals surface area contributed by atoms with Crippen molar-refractivity contribution in [1.82, 2.24) is 0 Å². The summed E-state index contributed by atoms with van der Waals surface area (Å²) in [7, 11) is 0. The number of isocyanates is 1. The van der Waals surface area contributed by atoms with Crippen molar-refractivity contribution in [2.45, 2.75) is 10.9 Å². The van der Waals surface area contributed by atoms with E-state index in [2.05, 4.69) is 9.73 Å². The number of alkyl halides is 5. The van der Waals surface area contributed by atoms with Gasteiger partial charge in [-0.05, 0) is 24.3 Å². The number of benzene rings is 1. The first-order valence-electron chi connectivity index (χ1n) is 4.08. The fourth-order valence-electron chi connectivity index (χ4n) is 0.847. The number of hydrogen-bond donors (Lipinski definition) is 0. The summed E-state index contributed by atoms with van der Waals surface area (Å²) >= 11 is 1.52. The van der Waals surface area contributed by atoms with Crippen LogP contribution in [0.3, 0.4) is 0 Å². The van der Waals surface area contributed by atoms with Crippen LogP contribution in [0.1, 0.15) is 0 Å². The molecule has 0 spiro atoms. The van der Waals surface area contributed by atoms with Gasteiger partial charge in [0.2, 0.25) is 6.08 Å². The van der Waals surface area contributed by atoms with Gasteiger partial charge < -0.3 is 4.74 Å². The zero-order valence-corrected chi connectivity index (χ0v) is 9.55. The first-order chi connectivity index (χ1) is 7.76. The summed E-state index contributed by atoms with van der Waals surface area (Å²) in [4.78, 5) is 8.57. The second-order valence-corrected chi connectivity index (χ2v) is 3.81. The first kappa shape index (κ1) is 13.7. The predicted octanol–water partition coefficient (Wildman–Crippen LogP) is 3.61. The Morgan fingerprint density at radius 2 is 1.71 bits per heavy atom. The van der Waals surface area contributed by atoms with E-state index in [1.165, 1.54) is 22.0 Å². The van der Waals surface area contributed by atoms with Crippen LogP contribution in [0.2, 0.25) is 0 Å². The van der Waals surface area contributed by atoms with Gasteiger partial charge in [-0.3, -0.25) is 0 Å². The molecule has 0 aliphatic carbocycles. The smallest absolute Gasteiger partial charge is 0.427 e. The number of rotatable bonds is 4. The Balaban J connectivity index is 2.86. The molecular weight excluding hydrogens is 310 g/mol. The minimum atomic E-state index is -4.69. The second-order valence-electron chi connectivity index (χ2n) is 2.81. The van der Waals surface area contributed by atoms with Gasteiger partial charge in [0, 0.05) is 15.9 Å². The van der Waals surface area contributed by atoms with Gasteiger partial charge in [-0.25, -0.2) is 4.79 Å². The van der Waals surface area contributed by atoms with Crippen LogP contribution in [0.4, 0.5) is 23.2 Å². The molecule has 0 bridgehead atoms. The Labute approximate surface area is 101 Å². The lowest BCUT2D eigenvalue weighted by Crippen LogP contribution is -2.40. The van der Waals surface area contributed by atoms with Gasteiger partial charge in [0.1, 0.15) is 5.75 Å². The monoisotopic (exact) mass is 313 g/mol. The third kappa shape index (κ3) is 3.54. The molecule has 8 heteroatoms. The zero-order chi connectivity index (χ0) is 13.1. The topological polar surface area (TPSA) is 38.7 Å². The van der Waals surface area contributed by atoms with Crippen molar-refractivity contribution < 1.29 is 27.1 Å². The standard InChI is InChI=1S/C9H4BrF4NO2/c10-8(11,12)9(13,14)17-7-3-1-6(2-4-7)15-5-16/h1-4H. The van der Waals surface area contributed by atoms with E-state index in [1.807, 2.05) is 0 Å². The van der Waals surface area contributed by atoms with Crippen LogP contribution < -0.4 is 4.74 Å². The van der Waals surface area contributed by atoms with Gasteiger partial charge in [0.15, 0.2) is 0 Å². The highest BCUT2D eigenvalue weighted by Crippen LogP contribution is 2.40. The number of hydrogen-bond acceptors (Lipinski definition) is 3. The molecule has 0 unspecified atom stereocenters. The van der Waals surface area contributed by atoms with Crippen LogP contribution in [-0.4, -0.2) is 17.0 Å². The van der Waals surface area contributed by atoms with Crippen molar-refractivity contribution in [1.29, 1.82) is 0 Å². The van der Waals surface area contributed by atoms with E-state index < -0.39 is 16.7 Å². The SMILES string of the molecule is O=C=Nc1ccc(OC(F)(F)C(F)(F)Br)cc1. The van der Waals surface area contributed by atoms with Crippen molar-refractivity contribution in [3.05, 3.63) is 24.3 Å². The van der Waals surface area contributed by atoms with Crippen LogP contribution in [0, 0.1) is 0 Å². The molecule has 1 rings (SSSR count). The number of halogens is 5. The number of aliphatic imine (C=N–C) groups is 1. The van der Waals surface area contributed by atoms with E-state index in [1.54, 1.807) is 0 Å². The summed E-state index contributed by atoms with van der Waals surface area (Å²) < 4.78 is 54.1. The highest BCUT2D eigenvalue weighted by Gasteiger charge is 2.57. The van der Waals surface area contributed by atoms with E-state index in [-0.39, 0.29) is 5.69 Å². The second kappa shape index (κ2) is 4.85. The lowest BCUT2D eigenvalue weighted by Gasteiger charge is -2.21. The van der Waals surface area contributed by atoms with Crippen molar-refractivity contribution in [3.63, 3.8) is 0 Å². The fraction of sp³-hybridized carbons (Fsp3) is 0.222. The number of nitrogens with zero attached hydrogens (tertiary/aromatic N) is 1. The maximum Gasteiger partial charge on any atom is 0.475 e. The molecule has 17 heavy (non-hydrogen) atoms. The normalized spacial score (nSPS) is 11.8. The Kier molecular flexibility index (Phi) is 3.90. The highest BCUT2D eigenvalue weighted by atomic mass is 79.9. The molecule has 0 aromatic heterocycles. The molecule has 0 atom stereocenters. The van der Waals surface area contributed by atoms with Crippen LogP contribution in [-0.2, 0) is 4.79 Å². The van der Waals surface area contributed by atoms with Crippen molar-refractivity contribution in [3.8, 4) is 5.75 Å². The largest absolute Gasteiger partial charge is 0.475 e. The Morgan fingerprint density at radius 3 is 2.12 bits per heavy atom. The first-order valence-corrected chi connectivity index (χ1v) is 4.87. The van der Waals surface area contributed by atoms with E-state index in [0.29, 0.717) is 0 Å². The van der Waals surface area contributed by atoms with Crippen molar-refractivity contribution in [2.24, 2.45) is 4.99 Å². The minimum Gasteiger partial charge on any atom is -0.427 e. The summed E-state index contributed by atoms with van der Waals surface area (Å²) in [6, 6.07) is 4.23. The van der Waals surface area contributed by atoms with E-state index in [0.717, 1.165) is 24.3 Å². The average molecular weight is 314 g/mol. The van der Waals surface area contributed by atoms with Crippen molar-refractivity contribution >= 4 is 27.7 Å². The van der Waals surface area contributed by atoms with Gasteiger partial charge in [-0.2, -0.15) is 22.6 Å². The molecule has 0 aliphatic rings. The molecule has 1 aromatic carbocycles. The maximum absolute atomic E-state index is 12.8. The van der Waals surface area contributed by atoms with Gasteiger partial charge in [0.05, 0.1) is 5.69 Å². The maximum atomic E-state index is 12.8. The zero-order valence-electron chi connectivity index (χ0n) is 7.96. The highest BCUT2D eigenvalue weighted by molar-refractivity contribution is 9.10. The minimum absolute atomic E-state index is 0.140. The van der Waals surface area contributed by atoms with E-state index >= 15 is 0 Å². The molecule has 0 amide bonds. The summed E-state index contributed by atoms with van der Waals surface area (Å²) in [6.45, 7) is 0. The number of carbonyl (C=O) groups excluding carboxylic acids is 1. The van der Waals surface area contributed by atoms with Gasteiger partial charge in [-0.15, -0.1) is 0 Å². The molecule has 0 aliphatic heterocycles. The van der Waals surface area contributed by atoms with Gasteiger partial charge in [0.25, 0.3) is 0 Å². The Hall–Kier alpha value is -1.40. The molecule has 92 valence electrons. The average Bonchev–Trinajstić information content (AvgIpc) is 2.19. The number of ether oxygens (including phenoxy) is 1. The fourth-order valence-corrected chi connectivity index (χ4v) is 0.928. The van der Waals surface area contributed by atoms with Crippen LogP contribution >= 0.6 is 15.9 Å². The summed E-state index contributed by atoms with van der Waals surface area (Å²) in [5, 5.41) is 0. The molecule has 1 aromatic rings. The molecule has 0 fully saturated rings. The lowest BCUT2D eigenvalue weighted by atomic mass is 10.3. The van der Waals surface area contributed by atoms with Crippen LogP contribution in [0.25, 0.3) is 0 Å².